The first-order valence-electron chi connectivity index (χ1n) is 9.24. The first-order valence-corrected chi connectivity index (χ1v) is 9.24. The first-order chi connectivity index (χ1) is 14.1. The summed E-state index contributed by atoms with van der Waals surface area (Å²) in [6, 6.07) is 22.3. The molecule has 0 unspecified atom stereocenters. The van der Waals surface area contributed by atoms with Gasteiger partial charge in [-0.1, -0.05) is 30.3 Å². The minimum absolute atomic E-state index is 0.324. The number of aromatic nitrogens is 1. The molecule has 0 aliphatic carbocycles. The number of hydrogen-bond acceptors (Lipinski definition) is 3. The van der Waals surface area contributed by atoms with Crippen molar-refractivity contribution in [2.24, 2.45) is 0 Å². The van der Waals surface area contributed by atoms with Gasteiger partial charge in [-0.05, 0) is 60.5 Å². The third-order valence-electron chi connectivity index (χ3n) is 4.90. The van der Waals surface area contributed by atoms with E-state index in [1.807, 2.05) is 49.4 Å². The van der Waals surface area contributed by atoms with Crippen LogP contribution in [0.5, 0.6) is 5.75 Å². The van der Waals surface area contributed by atoms with Crippen LogP contribution < -0.4 is 10.1 Å². The quantitative estimate of drug-likeness (QED) is 0.399. The lowest BCUT2D eigenvalue weighted by Crippen LogP contribution is -2.24. The third kappa shape index (κ3) is 3.50. The Kier molecular flexibility index (Phi) is 4.87. The highest BCUT2D eigenvalue weighted by Crippen LogP contribution is 2.30. The fraction of sp³-hybridized carbons (Fsp3) is 0.0833. The van der Waals surface area contributed by atoms with Crippen molar-refractivity contribution in [3.05, 3.63) is 90.3 Å². The van der Waals surface area contributed by atoms with Crippen LogP contribution in [0.25, 0.3) is 16.6 Å². The number of nitrogens with one attached hydrogen (secondary N) is 1. The Bertz CT molecular complexity index is 1210. The summed E-state index contributed by atoms with van der Waals surface area (Å²) in [5.74, 6) is -0.605. The molecule has 2 aromatic heterocycles. The van der Waals surface area contributed by atoms with Crippen LogP contribution in [-0.4, -0.2) is 23.2 Å². The molecule has 5 nitrogen and oxygen atoms in total. The van der Waals surface area contributed by atoms with Crippen LogP contribution in [0.4, 0.5) is 5.69 Å². The van der Waals surface area contributed by atoms with E-state index in [-0.39, 0.29) is 0 Å². The second kappa shape index (κ2) is 7.64. The molecule has 0 saturated heterocycles. The van der Waals surface area contributed by atoms with Crippen LogP contribution in [0.1, 0.15) is 16.1 Å². The number of carbonyl (C=O) groups is 2. The Balaban J connectivity index is 1.70. The third-order valence-corrected chi connectivity index (χ3v) is 4.90. The maximum atomic E-state index is 13.0. The lowest BCUT2D eigenvalue weighted by molar-refractivity contribution is -0.112. The van der Waals surface area contributed by atoms with Gasteiger partial charge in [-0.2, -0.15) is 0 Å². The van der Waals surface area contributed by atoms with Gasteiger partial charge in [-0.15, -0.1) is 0 Å². The molecule has 0 spiro atoms. The molecule has 144 valence electrons. The summed E-state index contributed by atoms with van der Waals surface area (Å²) in [6.45, 7) is 2.03. The number of pyridine rings is 1. The average Bonchev–Trinajstić information content (AvgIpc) is 3.13. The van der Waals surface area contributed by atoms with E-state index in [9.17, 15) is 9.59 Å². The lowest BCUT2D eigenvalue weighted by atomic mass is 10.0. The van der Waals surface area contributed by atoms with Crippen LogP contribution >= 0.6 is 0 Å². The largest absolute Gasteiger partial charge is 0.497 e. The standard InChI is InChI=1S/C24H20N2O3/c1-16-7-3-4-8-19(16)20-15-22(26-14-6-5-9-21(20)26)23(27)24(28)25-17-10-12-18(29-2)13-11-17/h3-15H,1-2H3,(H,25,28). The summed E-state index contributed by atoms with van der Waals surface area (Å²) in [4.78, 5) is 25.6. The second-order valence-corrected chi connectivity index (χ2v) is 6.73. The topological polar surface area (TPSA) is 59.8 Å². The fourth-order valence-electron chi connectivity index (χ4n) is 3.40. The number of rotatable bonds is 5. The van der Waals surface area contributed by atoms with Crippen LogP contribution in [0.15, 0.2) is 79.0 Å². The molecule has 0 fully saturated rings. The molecular formula is C24H20N2O3. The molecule has 1 N–H and O–H groups in total. The molecule has 0 radical (unpaired) electrons. The highest BCUT2D eigenvalue weighted by Gasteiger charge is 2.22. The minimum Gasteiger partial charge on any atom is -0.497 e. The predicted molar refractivity (Wildman–Crippen MR) is 114 cm³/mol. The van der Waals surface area contributed by atoms with Crippen molar-refractivity contribution in [3.63, 3.8) is 0 Å². The molecule has 29 heavy (non-hydrogen) atoms. The molecule has 4 rings (SSSR count). The summed E-state index contributed by atoms with van der Waals surface area (Å²) in [7, 11) is 1.57. The number of nitrogens with zero attached hydrogens (tertiary/aromatic N) is 1. The van der Waals surface area contributed by atoms with Gasteiger partial charge < -0.3 is 14.5 Å². The second-order valence-electron chi connectivity index (χ2n) is 6.73. The van der Waals surface area contributed by atoms with E-state index in [1.165, 1.54) is 0 Å². The van der Waals surface area contributed by atoms with Gasteiger partial charge >= 0.3 is 0 Å². The Morgan fingerprint density at radius 3 is 2.34 bits per heavy atom. The molecule has 0 aliphatic heterocycles. The van der Waals surface area contributed by atoms with Crippen molar-refractivity contribution >= 4 is 22.9 Å². The van der Waals surface area contributed by atoms with E-state index in [0.717, 1.165) is 22.2 Å². The van der Waals surface area contributed by atoms with Crippen LogP contribution in [0.3, 0.4) is 0 Å². The van der Waals surface area contributed by atoms with Crippen molar-refractivity contribution in [1.82, 2.24) is 4.40 Å². The normalized spacial score (nSPS) is 10.7. The van der Waals surface area contributed by atoms with Crippen molar-refractivity contribution in [2.45, 2.75) is 6.92 Å². The number of carbonyl (C=O) groups excluding carboxylic acids is 2. The average molecular weight is 384 g/mol. The van der Waals surface area contributed by atoms with Crippen molar-refractivity contribution in [2.75, 3.05) is 12.4 Å². The number of anilines is 1. The SMILES string of the molecule is COc1ccc(NC(=O)C(=O)c2cc(-c3ccccc3C)c3ccccn23)cc1. The molecule has 0 atom stereocenters. The molecule has 4 aromatic rings. The number of ether oxygens (including phenoxy) is 1. The molecule has 0 aliphatic rings. The summed E-state index contributed by atoms with van der Waals surface area (Å²) in [6.07, 6.45) is 1.80. The van der Waals surface area contributed by atoms with E-state index in [1.54, 1.807) is 48.0 Å². The molecule has 2 aromatic carbocycles. The summed E-state index contributed by atoms with van der Waals surface area (Å²) < 4.78 is 6.87. The van der Waals surface area contributed by atoms with Gasteiger partial charge in [-0.3, -0.25) is 9.59 Å². The zero-order valence-corrected chi connectivity index (χ0v) is 16.2. The van der Waals surface area contributed by atoms with Gasteiger partial charge in [-0.25, -0.2) is 0 Å². The number of hydrogen-bond donors (Lipinski definition) is 1. The van der Waals surface area contributed by atoms with E-state index in [0.29, 0.717) is 17.1 Å². The molecule has 2 heterocycles. The number of amides is 1. The van der Waals surface area contributed by atoms with Crippen LogP contribution in [-0.2, 0) is 4.79 Å². The van der Waals surface area contributed by atoms with Gasteiger partial charge in [0, 0.05) is 17.4 Å². The monoisotopic (exact) mass is 384 g/mol. The van der Waals surface area contributed by atoms with Gasteiger partial charge in [0.25, 0.3) is 11.7 Å². The molecular weight excluding hydrogens is 364 g/mol. The highest BCUT2D eigenvalue weighted by atomic mass is 16.5. The van der Waals surface area contributed by atoms with E-state index >= 15 is 0 Å². The van der Waals surface area contributed by atoms with Crippen molar-refractivity contribution < 1.29 is 14.3 Å². The summed E-state index contributed by atoms with van der Waals surface area (Å²) in [5.41, 5.74) is 4.79. The lowest BCUT2D eigenvalue weighted by Gasteiger charge is -2.06. The molecule has 5 heteroatoms. The van der Waals surface area contributed by atoms with E-state index < -0.39 is 11.7 Å². The predicted octanol–water partition coefficient (Wildman–Crippen LogP) is 4.74. The maximum Gasteiger partial charge on any atom is 0.298 e. The smallest absolute Gasteiger partial charge is 0.298 e. The molecule has 0 bridgehead atoms. The van der Waals surface area contributed by atoms with Gasteiger partial charge in [0.05, 0.1) is 18.3 Å². The van der Waals surface area contributed by atoms with Crippen LogP contribution in [0.2, 0.25) is 0 Å². The zero-order valence-electron chi connectivity index (χ0n) is 16.2. The van der Waals surface area contributed by atoms with E-state index in [4.69, 9.17) is 4.74 Å². The Morgan fingerprint density at radius 1 is 0.897 bits per heavy atom. The number of methoxy groups -OCH3 is 1. The van der Waals surface area contributed by atoms with Gasteiger partial charge in [0.1, 0.15) is 5.75 Å². The number of fused-ring (bicyclic) bond motifs is 1. The molecule has 0 saturated carbocycles. The van der Waals surface area contributed by atoms with Crippen LogP contribution in [0, 0.1) is 6.92 Å². The van der Waals surface area contributed by atoms with Gasteiger partial charge in [0.2, 0.25) is 0 Å². The van der Waals surface area contributed by atoms with Crippen molar-refractivity contribution in [3.8, 4) is 16.9 Å². The Hall–Kier alpha value is -3.86. The number of aryl methyl sites for hydroxylation is 1. The fourth-order valence-corrected chi connectivity index (χ4v) is 3.40. The Morgan fingerprint density at radius 2 is 1.62 bits per heavy atom. The van der Waals surface area contributed by atoms with Crippen molar-refractivity contribution in [1.29, 1.82) is 0 Å². The zero-order chi connectivity index (χ0) is 20.4. The number of benzene rings is 2. The number of ketones is 1. The minimum atomic E-state index is -0.685. The van der Waals surface area contributed by atoms with E-state index in [2.05, 4.69) is 5.32 Å². The number of Topliss-reactive ketones (excluding diaryl/α,β-unsaturated/α-hetero) is 1. The maximum absolute atomic E-state index is 13.0. The first kappa shape index (κ1) is 18.5. The van der Waals surface area contributed by atoms with Gasteiger partial charge in [0.15, 0.2) is 0 Å². The summed E-state index contributed by atoms with van der Waals surface area (Å²) in [5, 5.41) is 2.66. The molecule has 1 amide bonds. The highest BCUT2D eigenvalue weighted by molar-refractivity contribution is 6.46. The Labute approximate surface area is 168 Å². The summed E-state index contributed by atoms with van der Waals surface area (Å²) >= 11 is 0.